The second kappa shape index (κ2) is 7.96. The number of hydrogen-bond acceptors (Lipinski definition) is 4. The largest absolute Gasteiger partial charge is 0.338 e. The molecule has 2 aliphatic rings. The third-order valence-electron chi connectivity index (χ3n) is 5.20. The van der Waals surface area contributed by atoms with Crippen LogP contribution >= 0.6 is 0 Å². The summed E-state index contributed by atoms with van der Waals surface area (Å²) < 4.78 is 2.24. The Balaban J connectivity index is 1.37. The van der Waals surface area contributed by atoms with E-state index in [1.165, 1.54) is 32.1 Å². The van der Waals surface area contributed by atoms with Crippen LogP contribution in [0.5, 0.6) is 0 Å². The molecule has 1 aliphatic carbocycles. The maximum Gasteiger partial charge on any atom is 0.314 e. The molecule has 0 bridgehead atoms. The Bertz CT molecular complexity index is 553. The predicted octanol–water partition coefficient (Wildman–Crippen LogP) is 1.33. The molecule has 1 atom stereocenters. The molecule has 2 heterocycles. The summed E-state index contributed by atoms with van der Waals surface area (Å²) >= 11 is 0. The van der Waals surface area contributed by atoms with E-state index in [9.17, 15) is 4.79 Å². The standard InChI is InChI=1S/C17H30N6O/c1-13(22(2)14-7-8-14)12-19-17(24)18-10-9-16-21-20-15-6-4-3-5-11-23(15)16/h13-14H,3-12H2,1-2H3,(H2,18,19,24)/t13-/m1/s1. The van der Waals surface area contributed by atoms with Crippen molar-refractivity contribution in [3.05, 3.63) is 11.6 Å². The molecule has 134 valence electrons. The Morgan fingerprint density at radius 1 is 1.29 bits per heavy atom. The summed E-state index contributed by atoms with van der Waals surface area (Å²) in [5, 5.41) is 14.5. The number of carbonyl (C=O) groups is 1. The van der Waals surface area contributed by atoms with Crippen LogP contribution in [0.15, 0.2) is 0 Å². The molecule has 24 heavy (non-hydrogen) atoms. The minimum atomic E-state index is -0.0957. The fourth-order valence-corrected chi connectivity index (χ4v) is 3.31. The van der Waals surface area contributed by atoms with Crippen LogP contribution in [0.3, 0.4) is 0 Å². The summed E-state index contributed by atoms with van der Waals surface area (Å²) in [6.07, 6.45) is 7.98. The number of amides is 2. The van der Waals surface area contributed by atoms with Crippen LogP contribution in [-0.4, -0.2) is 57.9 Å². The highest BCUT2D eigenvalue weighted by atomic mass is 16.2. The fourth-order valence-electron chi connectivity index (χ4n) is 3.31. The normalized spacial score (nSPS) is 18.8. The number of rotatable bonds is 7. The molecular formula is C17H30N6O. The lowest BCUT2D eigenvalue weighted by Gasteiger charge is -2.24. The highest BCUT2D eigenvalue weighted by Gasteiger charge is 2.29. The Morgan fingerprint density at radius 3 is 2.92 bits per heavy atom. The van der Waals surface area contributed by atoms with Crippen LogP contribution < -0.4 is 10.6 Å². The number of nitrogens with one attached hydrogen (secondary N) is 2. The van der Waals surface area contributed by atoms with Crippen molar-refractivity contribution in [3.63, 3.8) is 0 Å². The van der Waals surface area contributed by atoms with Crippen molar-refractivity contribution in [2.45, 2.75) is 70.5 Å². The summed E-state index contributed by atoms with van der Waals surface area (Å²) in [5.74, 6) is 2.10. The average molecular weight is 334 g/mol. The van der Waals surface area contributed by atoms with E-state index in [0.717, 1.165) is 31.0 Å². The zero-order chi connectivity index (χ0) is 16.9. The number of fused-ring (bicyclic) bond motifs is 1. The first kappa shape index (κ1) is 17.2. The molecule has 0 aromatic carbocycles. The maximum atomic E-state index is 11.9. The molecule has 1 fully saturated rings. The van der Waals surface area contributed by atoms with Gasteiger partial charge in [-0.25, -0.2) is 4.79 Å². The van der Waals surface area contributed by atoms with Gasteiger partial charge in [0.25, 0.3) is 0 Å². The number of urea groups is 1. The van der Waals surface area contributed by atoms with Gasteiger partial charge in [0.2, 0.25) is 0 Å². The van der Waals surface area contributed by atoms with Gasteiger partial charge in [0, 0.05) is 44.6 Å². The van der Waals surface area contributed by atoms with Crippen molar-refractivity contribution < 1.29 is 4.79 Å². The van der Waals surface area contributed by atoms with Crippen LogP contribution in [0.2, 0.25) is 0 Å². The second-order valence-corrected chi connectivity index (χ2v) is 7.13. The molecule has 1 aromatic heterocycles. The number of aromatic nitrogens is 3. The number of carbonyl (C=O) groups excluding carboxylic acids is 1. The molecule has 1 aromatic rings. The number of aryl methyl sites for hydroxylation is 1. The molecule has 0 saturated heterocycles. The summed E-state index contributed by atoms with van der Waals surface area (Å²) in [5.41, 5.74) is 0. The molecule has 0 unspecified atom stereocenters. The summed E-state index contributed by atoms with van der Waals surface area (Å²) in [6, 6.07) is 0.991. The lowest BCUT2D eigenvalue weighted by atomic mass is 10.2. The molecular weight excluding hydrogens is 304 g/mol. The Kier molecular flexibility index (Phi) is 5.71. The molecule has 2 amide bonds. The molecule has 3 rings (SSSR count). The van der Waals surface area contributed by atoms with Crippen molar-refractivity contribution >= 4 is 6.03 Å². The lowest BCUT2D eigenvalue weighted by molar-refractivity contribution is 0.222. The number of hydrogen-bond donors (Lipinski definition) is 2. The van der Waals surface area contributed by atoms with Crippen LogP contribution in [0, 0.1) is 0 Å². The van der Waals surface area contributed by atoms with E-state index < -0.39 is 0 Å². The highest BCUT2D eigenvalue weighted by molar-refractivity contribution is 5.73. The smallest absolute Gasteiger partial charge is 0.314 e. The van der Waals surface area contributed by atoms with Gasteiger partial charge in [-0.15, -0.1) is 10.2 Å². The zero-order valence-electron chi connectivity index (χ0n) is 14.9. The minimum absolute atomic E-state index is 0.0957. The van der Waals surface area contributed by atoms with Crippen LogP contribution in [0.25, 0.3) is 0 Å². The molecule has 0 radical (unpaired) electrons. The SMILES string of the molecule is C[C@H](CNC(=O)NCCc1nnc2n1CCCCC2)N(C)C1CC1. The van der Waals surface area contributed by atoms with Crippen molar-refractivity contribution in [1.82, 2.24) is 30.3 Å². The van der Waals surface area contributed by atoms with Gasteiger partial charge in [0.15, 0.2) is 0 Å². The van der Waals surface area contributed by atoms with Crippen LogP contribution in [-0.2, 0) is 19.4 Å². The van der Waals surface area contributed by atoms with E-state index >= 15 is 0 Å². The first-order chi connectivity index (χ1) is 11.6. The molecule has 2 N–H and O–H groups in total. The van der Waals surface area contributed by atoms with Gasteiger partial charge in [-0.1, -0.05) is 6.42 Å². The topological polar surface area (TPSA) is 75.1 Å². The molecule has 7 heteroatoms. The third kappa shape index (κ3) is 4.47. The van der Waals surface area contributed by atoms with E-state index in [4.69, 9.17) is 0 Å². The zero-order valence-corrected chi connectivity index (χ0v) is 14.9. The van der Waals surface area contributed by atoms with Gasteiger partial charge >= 0.3 is 6.03 Å². The maximum absolute atomic E-state index is 11.9. The van der Waals surface area contributed by atoms with Crippen LogP contribution in [0.4, 0.5) is 4.79 Å². The number of nitrogens with zero attached hydrogens (tertiary/aromatic N) is 4. The fraction of sp³-hybridized carbons (Fsp3) is 0.824. The monoisotopic (exact) mass is 334 g/mol. The minimum Gasteiger partial charge on any atom is -0.338 e. The van der Waals surface area contributed by atoms with Gasteiger partial charge in [0.05, 0.1) is 0 Å². The van der Waals surface area contributed by atoms with E-state index in [1.807, 2.05) is 0 Å². The van der Waals surface area contributed by atoms with E-state index in [1.54, 1.807) is 0 Å². The molecule has 1 saturated carbocycles. The summed E-state index contributed by atoms with van der Waals surface area (Å²) in [4.78, 5) is 14.3. The second-order valence-electron chi connectivity index (χ2n) is 7.13. The van der Waals surface area contributed by atoms with E-state index in [0.29, 0.717) is 25.2 Å². The van der Waals surface area contributed by atoms with Crippen molar-refractivity contribution in [2.24, 2.45) is 0 Å². The highest BCUT2D eigenvalue weighted by Crippen LogP contribution is 2.26. The van der Waals surface area contributed by atoms with Gasteiger partial charge in [-0.2, -0.15) is 0 Å². The first-order valence-electron chi connectivity index (χ1n) is 9.29. The van der Waals surface area contributed by atoms with Crippen molar-refractivity contribution in [3.8, 4) is 0 Å². The van der Waals surface area contributed by atoms with Crippen LogP contribution in [0.1, 0.15) is 50.7 Å². The molecule has 0 spiro atoms. The molecule has 7 nitrogen and oxygen atoms in total. The Labute approximate surface area is 144 Å². The van der Waals surface area contributed by atoms with Gasteiger partial charge in [-0.05, 0) is 39.7 Å². The van der Waals surface area contributed by atoms with Gasteiger partial charge in [0.1, 0.15) is 11.6 Å². The predicted molar refractivity (Wildman–Crippen MR) is 92.9 cm³/mol. The number of likely N-dealkylation sites (N-methyl/N-ethyl adjacent to an activating group) is 1. The quantitative estimate of drug-likeness (QED) is 0.789. The lowest BCUT2D eigenvalue weighted by Crippen LogP contribution is -2.45. The average Bonchev–Trinajstić information content (AvgIpc) is 3.39. The summed E-state index contributed by atoms with van der Waals surface area (Å²) in [7, 11) is 2.14. The van der Waals surface area contributed by atoms with E-state index in [-0.39, 0.29) is 6.03 Å². The first-order valence-corrected chi connectivity index (χ1v) is 9.29. The van der Waals surface area contributed by atoms with Gasteiger partial charge in [-0.3, -0.25) is 4.90 Å². The summed E-state index contributed by atoms with van der Waals surface area (Å²) in [6.45, 7) is 4.44. The molecule has 1 aliphatic heterocycles. The third-order valence-corrected chi connectivity index (χ3v) is 5.20. The van der Waals surface area contributed by atoms with Crippen molar-refractivity contribution in [1.29, 1.82) is 0 Å². The van der Waals surface area contributed by atoms with E-state index in [2.05, 4.69) is 44.3 Å². The van der Waals surface area contributed by atoms with Crippen molar-refractivity contribution in [2.75, 3.05) is 20.1 Å². The Morgan fingerprint density at radius 2 is 2.12 bits per heavy atom. The van der Waals surface area contributed by atoms with Gasteiger partial charge < -0.3 is 15.2 Å². The Hall–Kier alpha value is -1.63.